The molecule has 0 radical (unpaired) electrons. The molecular formula is C11H11ClKNO5S. The van der Waals surface area contributed by atoms with Crippen LogP contribution in [-0.4, -0.2) is 24.7 Å². The van der Waals surface area contributed by atoms with E-state index in [1.165, 1.54) is 19.9 Å². The number of Topliss-reactive ketones (excluding diaryl/α,β-unsaturated/α-hetero) is 1. The van der Waals surface area contributed by atoms with Crippen LogP contribution in [0, 0.1) is 6.92 Å². The third-order valence-corrected chi connectivity index (χ3v) is 3.55. The molecule has 0 amide bonds. The monoisotopic (exact) mass is 343 g/mol. The largest absolute Gasteiger partial charge is 1.00 e. The van der Waals surface area contributed by atoms with Gasteiger partial charge in [0, 0.05) is 6.42 Å². The second kappa shape index (κ2) is 7.99. The van der Waals surface area contributed by atoms with Crippen LogP contribution in [0.3, 0.4) is 0 Å². The van der Waals surface area contributed by atoms with E-state index in [4.69, 9.17) is 16.2 Å². The molecule has 0 saturated heterocycles. The van der Waals surface area contributed by atoms with Crippen molar-refractivity contribution < 1.29 is 74.3 Å². The van der Waals surface area contributed by atoms with E-state index in [1.807, 2.05) is 0 Å². The normalized spacial score (nSPS) is 11.9. The zero-order chi connectivity index (χ0) is 14.8. The summed E-state index contributed by atoms with van der Waals surface area (Å²) < 4.78 is 31.2. The Morgan fingerprint density at radius 1 is 1.45 bits per heavy atom. The Bertz CT molecular complexity index is 657. The quantitative estimate of drug-likeness (QED) is 0.302. The van der Waals surface area contributed by atoms with Gasteiger partial charge in [0.25, 0.3) is 10.1 Å². The van der Waals surface area contributed by atoms with Gasteiger partial charge in [-0.25, -0.2) is 0 Å². The fourth-order valence-corrected chi connectivity index (χ4v) is 2.41. The molecule has 0 heterocycles. The summed E-state index contributed by atoms with van der Waals surface area (Å²) in [6.45, 7) is 2.59. The molecular weight excluding hydrogens is 333 g/mol. The minimum Gasteiger partial charge on any atom is -0.861 e. The van der Waals surface area contributed by atoms with Gasteiger partial charge in [-0.15, -0.1) is 0 Å². The second-order valence-electron chi connectivity index (χ2n) is 3.88. The molecule has 0 aliphatic heterocycles. The van der Waals surface area contributed by atoms with Crippen LogP contribution in [0.1, 0.15) is 18.9 Å². The molecule has 104 valence electrons. The standard InChI is InChI=1S/C11H12ClNO5S.K/c1-6(14)5-10(15)13-11-7(2)9(19(16,17)18)4-3-8(11)12;/h3-4H,5H2,1-2H3,(H,13,15)(H,16,17,18);/q;+1/p-1. The molecule has 0 aromatic heterocycles. The van der Waals surface area contributed by atoms with Crippen molar-refractivity contribution in [2.45, 2.75) is 25.2 Å². The number of carbonyl (C=O) groups is 1. The fourth-order valence-electron chi connectivity index (χ4n) is 1.44. The molecule has 0 unspecified atom stereocenters. The van der Waals surface area contributed by atoms with Gasteiger partial charge in [-0.2, -0.15) is 8.42 Å². The summed E-state index contributed by atoms with van der Waals surface area (Å²) in [5.74, 6) is -1.10. The molecule has 1 aromatic rings. The van der Waals surface area contributed by atoms with Crippen LogP contribution in [0.15, 0.2) is 22.0 Å². The van der Waals surface area contributed by atoms with E-state index in [-0.39, 0.29) is 78.3 Å². The van der Waals surface area contributed by atoms with E-state index in [0.717, 1.165) is 6.07 Å². The van der Waals surface area contributed by atoms with Gasteiger partial charge in [-0.05, 0) is 37.4 Å². The zero-order valence-electron chi connectivity index (χ0n) is 11.2. The van der Waals surface area contributed by atoms with Gasteiger partial charge in [0.1, 0.15) is 5.78 Å². The van der Waals surface area contributed by atoms with Crippen molar-refractivity contribution in [3.63, 3.8) is 0 Å². The molecule has 1 N–H and O–H groups in total. The summed E-state index contributed by atoms with van der Waals surface area (Å²) in [7, 11) is -4.43. The number of ketones is 1. The van der Waals surface area contributed by atoms with Crippen molar-refractivity contribution in [1.82, 2.24) is 0 Å². The van der Waals surface area contributed by atoms with E-state index in [2.05, 4.69) is 4.99 Å². The van der Waals surface area contributed by atoms with Gasteiger partial charge < -0.3 is 5.11 Å². The van der Waals surface area contributed by atoms with Gasteiger partial charge in [-0.1, -0.05) is 11.6 Å². The first-order chi connectivity index (χ1) is 8.62. The molecule has 1 aromatic carbocycles. The van der Waals surface area contributed by atoms with Crippen molar-refractivity contribution in [2.75, 3.05) is 0 Å². The minimum atomic E-state index is -4.43. The summed E-state index contributed by atoms with van der Waals surface area (Å²) >= 11 is 5.82. The van der Waals surface area contributed by atoms with Gasteiger partial charge in [-0.3, -0.25) is 14.3 Å². The van der Waals surface area contributed by atoms with Gasteiger partial charge in [0.05, 0.1) is 15.6 Å². The Kier molecular flexibility index (Phi) is 8.07. The number of carbonyl (C=O) groups excluding carboxylic acids is 1. The Hall–Kier alpha value is 0.196. The number of halogens is 1. The summed E-state index contributed by atoms with van der Waals surface area (Å²) in [4.78, 5) is 14.0. The SMILES string of the molecule is CC(=O)CC([O-])=Nc1c(Cl)ccc(S(=O)(=O)O)c1C.[K+]. The van der Waals surface area contributed by atoms with Crippen molar-refractivity contribution in [2.24, 2.45) is 4.99 Å². The first-order valence-electron chi connectivity index (χ1n) is 5.13. The molecule has 0 aliphatic rings. The predicted molar refractivity (Wildman–Crippen MR) is 68.4 cm³/mol. The van der Waals surface area contributed by atoms with Crippen LogP contribution in [0.4, 0.5) is 5.69 Å². The number of hydrogen-bond donors (Lipinski definition) is 1. The molecule has 20 heavy (non-hydrogen) atoms. The third kappa shape index (κ3) is 5.53. The first-order valence-corrected chi connectivity index (χ1v) is 6.95. The molecule has 1 rings (SSSR count). The minimum absolute atomic E-state index is 0. The average Bonchev–Trinajstić information content (AvgIpc) is 2.21. The molecule has 0 fully saturated rings. The number of hydrogen-bond acceptors (Lipinski definition) is 5. The average molecular weight is 344 g/mol. The number of rotatable bonds is 4. The summed E-state index contributed by atoms with van der Waals surface area (Å²) in [5, 5.41) is 11.5. The maximum atomic E-state index is 11.4. The van der Waals surface area contributed by atoms with Gasteiger partial charge in [0.2, 0.25) is 0 Å². The van der Waals surface area contributed by atoms with Crippen LogP contribution in [-0.2, 0) is 14.9 Å². The van der Waals surface area contributed by atoms with Crippen LogP contribution in [0.2, 0.25) is 5.02 Å². The number of aliphatic imine (C=N–C) groups is 1. The summed E-state index contributed by atoms with van der Waals surface area (Å²) in [6.07, 6.45) is -0.397. The fraction of sp³-hybridized carbons (Fsp3) is 0.273. The Morgan fingerprint density at radius 2 is 2.00 bits per heavy atom. The zero-order valence-corrected chi connectivity index (χ0v) is 15.9. The third-order valence-electron chi connectivity index (χ3n) is 2.25. The van der Waals surface area contributed by atoms with Crippen LogP contribution in [0.25, 0.3) is 0 Å². The van der Waals surface area contributed by atoms with E-state index in [0.29, 0.717) is 0 Å². The molecule has 9 heteroatoms. The predicted octanol–water partition coefficient (Wildman–Crippen LogP) is -1.73. The Morgan fingerprint density at radius 3 is 2.45 bits per heavy atom. The Balaban J connectivity index is 0.00000361. The maximum absolute atomic E-state index is 11.4. The summed E-state index contributed by atoms with van der Waals surface area (Å²) in [5.41, 5.74) is -0.0186. The van der Waals surface area contributed by atoms with E-state index < -0.39 is 22.4 Å². The smallest absolute Gasteiger partial charge is 0.861 e. The molecule has 0 atom stereocenters. The first kappa shape index (κ1) is 20.2. The second-order valence-corrected chi connectivity index (χ2v) is 5.68. The number of nitrogens with zero attached hydrogens (tertiary/aromatic N) is 1. The molecule has 0 spiro atoms. The van der Waals surface area contributed by atoms with Crippen LogP contribution >= 0.6 is 11.6 Å². The van der Waals surface area contributed by atoms with E-state index in [1.54, 1.807) is 0 Å². The molecule has 0 bridgehead atoms. The van der Waals surface area contributed by atoms with Gasteiger partial charge in [0.15, 0.2) is 0 Å². The molecule has 0 aliphatic carbocycles. The molecule has 6 nitrogen and oxygen atoms in total. The van der Waals surface area contributed by atoms with Crippen molar-refractivity contribution in [3.05, 3.63) is 22.7 Å². The topological polar surface area (TPSA) is 107 Å². The van der Waals surface area contributed by atoms with Crippen molar-refractivity contribution >= 4 is 39.1 Å². The van der Waals surface area contributed by atoms with Crippen molar-refractivity contribution in [1.29, 1.82) is 0 Å². The van der Waals surface area contributed by atoms with Gasteiger partial charge >= 0.3 is 51.4 Å². The van der Waals surface area contributed by atoms with Crippen LogP contribution < -0.4 is 56.5 Å². The van der Waals surface area contributed by atoms with E-state index in [9.17, 15) is 18.3 Å². The number of benzene rings is 1. The maximum Gasteiger partial charge on any atom is 1.00 e. The van der Waals surface area contributed by atoms with Crippen molar-refractivity contribution in [3.8, 4) is 0 Å². The van der Waals surface area contributed by atoms with Crippen LogP contribution in [0.5, 0.6) is 0 Å². The Labute approximate surface area is 164 Å². The van der Waals surface area contributed by atoms with E-state index >= 15 is 0 Å². The molecule has 0 saturated carbocycles. The summed E-state index contributed by atoms with van der Waals surface area (Å²) in [6, 6.07) is 2.32.